The number of rotatable bonds is 3. The molecule has 0 aliphatic carbocycles. The van der Waals surface area contributed by atoms with Crippen LogP contribution in [0.1, 0.15) is 22.3 Å². The summed E-state index contributed by atoms with van der Waals surface area (Å²) in [5.74, 6) is 5.14. The third-order valence-corrected chi connectivity index (χ3v) is 2.64. The zero-order chi connectivity index (χ0) is 13.0. The van der Waals surface area contributed by atoms with Crippen molar-refractivity contribution in [2.45, 2.75) is 6.42 Å². The number of nitrogens with one attached hydrogen (secondary N) is 2. The number of aromatic nitrogens is 1. The molecule has 0 amide bonds. The van der Waals surface area contributed by atoms with Gasteiger partial charge in [0.05, 0.1) is 5.56 Å². The number of carbonyl (C=O) groups is 1. The van der Waals surface area contributed by atoms with Crippen molar-refractivity contribution in [3.63, 3.8) is 0 Å². The van der Waals surface area contributed by atoms with Gasteiger partial charge in [-0.05, 0) is 25.2 Å². The van der Waals surface area contributed by atoms with Crippen molar-refractivity contribution in [1.29, 1.82) is 0 Å². The lowest BCUT2D eigenvalue weighted by molar-refractivity contribution is 0.0699. The van der Waals surface area contributed by atoms with Crippen molar-refractivity contribution in [3.8, 4) is 11.8 Å². The first-order valence-corrected chi connectivity index (χ1v) is 5.70. The van der Waals surface area contributed by atoms with Gasteiger partial charge in [0.25, 0.3) is 0 Å². The van der Waals surface area contributed by atoms with Crippen LogP contribution in [0.5, 0.6) is 0 Å². The van der Waals surface area contributed by atoms with Gasteiger partial charge in [-0.2, -0.15) is 0 Å². The molecule has 0 saturated heterocycles. The van der Waals surface area contributed by atoms with Gasteiger partial charge in [-0.25, -0.2) is 4.79 Å². The molecule has 0 unspecified atom stereocenters. The number of aromatic carboxylic acids is 1. The van der Waals surface area contributed by atoms with Crippen LogP contribution >= 0.6 is 0 Å². The van der Waals surface area contributed by atoms with Gasteiger partial charge in [0.2, 0.25) is 0 Å². The van der Waals surface area contributed by atoms with Crippen LogP contribution in [0.3, 0.4) is 0 Å². The first kappa shape index (κ1) is 12.2. The summed E-state index contributed by atoms with van der Waals surface area (Å²) >= 11 is 0. The molecule has 0 bridgehead atoms. The Morgan fingerprint density at radius 2 is 2.33 bits per heavy atom. The standard InChI is InChI=1S/C14H14N2O2/c1-15-7-3-2-4-10-5-6-13-11(8-10)12(9-16-13)14(17)18/h5-6,8-9,15-16H,3,7H2,1H3,(H,17,18). The van der Waals surface area contributed by atoms with E-state index >= 15 is 0 Å². The lowest BCUT2D eigenvalue weighted by atomic mass is 10.1. The van der Waals surface area contributed by atoms with Crippen molar-refractivity contribution in [1.82, 2.24) is 10.3 Å². The van der Waals surface area contributed by atoms with Crippen LogP contribution in [0.25, 0.3) is 10.9 Å². The maximum Gasteiger partial charge on any atom is 0.337 e. The summed E-state index contributed by atoms with van der Waals surface area (Å²) in [6.45, 7) is 0.847. The number of benzene rings is 1. The van der Waals surface area contributed by atoms with Crippen LogP contribution < -0.4 is 5.32 Å². The zero-order valence-electron chi connectivity index (χ0n) is 10.1. The van der Waals surface area contributed by atoms with Crippen LogP contribution in [0.4, 0.5) is 0 Å². The minimum Gasteiger partial charge on any atom is -0.478 e. The highest BCUT2D eigenvalue weighted by molar-refractivity contribution is 6.03. The van der Waals surface area contributed by atoms with E-state index in [1.54, 1.807) is 0 Å². The van der Waals surface area contributed by atoms with E-state index in [0.29, 0.717) is 5.39 Å². The molecule has 4 nitrogen and oxygen atoms in total. The fourth-order valence-electron chi connectivity index (χ4n) is 1.73. The summed E-state index contributed by atoms with van der Waals surface area (Å²) in [7, 11) is 1.88. The van der Waals surface area contributed by atoms with E-state index in [4.69, 9.17) is 5.11 Å². The molecule has 3 N–H and O–H groups in total. The summed E-state index contributed by atoms with van der Waals surface area (Å²) < 4.78 is 0. The lowest BCUT2D eigenvalue weighted by Gasteiger charge is -1.94. The smallest absolute Gasteiger partial charge is 0.337 e. The molecule has 1 heterocycles. The highest BCUT2D eigenvalue weighted by atomic mass is 16.4. The molecule has 0 radical (unpaired) electrons. The summed E-state index contributed by atoms with van der Waals surface area (Å²) in [4.78, 5) is 14.0. The zero-order valence-corrected chi connectivity index (χ0v) is 10.1. The van der Waals surface area contributed by atoms with Gasteiger partial charge >= 0.3 is 5.97 Å². The highest BCUT2D eigenvalue weighted by Gasteiger charge is 2.09. The number of carboxylic acids is 1. The molecular formula is C14H14N2O2. The second-order valence-electron chi connectivity index (χ2n) is 3.92. The van der Waals surface area contributed by atoms with Crippen molar-refractivity contribution in [3.05, 3.63) is 35.5 Å². The molecule has 0 aliphatic heterocycles. The van der Waals surface area contributed by atoms with Crippen molar-refractivity contribution >= 4 is 16.9 Å². The van der Waals surface area contributed by atoms with E-state index in [2.05, 4.69) is 22.1 Å². The molecule has 0 saturated carbocycles. The van der Waals surface area contributed by atoms with Crippen LogP contribution in [-0.4, -0.2) is 29.7 Å². The van der Waals surface area contributed by atoms with E-state index in [-0.39, 0.29) is 5.56 Å². The second-order valence-corrected chi connectivity index (χ2v) is 3.92. The Balaban J connectivity index is 2.32. The van der Waals surface area contributed by atoms with Gasteiger partial charge in [0.1, 0.15) is 0 Å². The molecule has 1 aromatic carbocycles. The van der Waals surface area contributed by atoms with Gasteiger partial charge in [-0.3, -0.25) is 0 Å². The second kappa shape index (κ2) is 5.39. The minimum atomic E-state index is -0.929. The quantitative estimate of drug-likeness (QED) is 0.568. The Morgan fingerprint density at radius 3 is 3.06 bits per heavy atom. The predicted molar refractivity (Wildman–Crippen MR) is 70.7 cm³/mol. The van der Waals surface area contributed by atoms with Crippen LogP contribution in [-0.2, 0) is 0 Å². The molecule has 1 aromatic heterocycles. The average molecular weight is 242 g/mol. The molecule has 0 atom stereocenters. The van der Waals surface area contributed by atoms with E-state index in [1.807, 2.05) is 25.2 Å². The molecule has 0 aliphatic rings. The number of H-pyrrole nitrogens is 1. The van der Waals surface area contributed by atoms with E-state index in [9.17, 15) is 4.79 Å². The molecule has 0 fully saturated rings. The SMILES string of the molecule is CNCCC#Cc1ccc2[nH]cc(C(=O)O)c2c1. The lowest BCUT2D eigenvalue weighted by Crippen LogP contribution is -2.05. The fraction of sp³-hybridized carbons (Fsp3) is 0.214. The summed E-state index contributed by atoms with van der Waals surface area (Å²) in [5, 5.41) is 12.8. The Labute approximate surface area is 105 Å². The minimum absolute atomic E-state index is 0.281. The predicted octanol–water partition coefficient (Wildman–Crippen LogP) is 1.83. The first-order chi connectivity index (χ1) is 8.72. The molecule has 18 heavy (non-hydrogen) atoms. The molecule has 4 heteroatoms. The summed E-state index contributed by atoms with van der Waals surface area (Å²) in [6, 6.07) is 5.54. The average Bonchev–Trinajstić information content (AvgIpc) is 2.77. The molecule has 2 rings (SSSR count). The summed E-state index contributed by atoms with van der Waals surface area (Å²) in [5.41, 5.74) is 1.93. The van der Waals surface area contributed by atoms with E-state index in [1.165, 1.54) is 6.20 Å². The normalized spacial score (nSPS) is 10.1. The van der Waals surface area contributed by atoms with Crippen molar-refractivity contribution in [2.24, 2.45) is 0 Å². The van der Waals surface area contributed by atoms with E-state index in [0.717, 1.165) is 24.0 Å². The van der Waals surface area contributed by atoms with Crippen LogP contribution in [0.15, 0.2) is 24.4 Å². The largest absolute Gasteiger partial charge is 0.478 e. The molecule has 0 spiro atoms. The number of fused-ring (bicyclic) bond motifs is 1. The van der Waals surface area contributed by atoms with E-state index < -0.39 is 5.97 Å². The third-order valence-electron chi connectivity index (χ3n) is 2.64. The monoisotopic (exact) mass is 242 g/mol. The fourth-order valence-corrected chi connectivity index (χ4v) is 1.73. The Kier molecular flexibility index (Phi) is 3.66. The number of hydrogen-bond donors (Lipinski definition) is 3. The first-order valence-electron chi connectivity index (χ1n) is 5.70. The van der Waals surface area contributed by atoms with Gasteiger partial charge in [0.15, 0.2) is 0 Å². The van der Waals surface area contributed by atoms with Crippen molar-refractivity contribution < 1.29 is 9.90 Å². The maximum absolute atomic E-state index is 11.0. The number of aromatic amines is 1. The topological polar surface area (TPSA) is 65.1 Å². The van der Waals surface area contributed by atoms with Gasteiger partial charge in [0, 0.05) is 35.6 Å². The van der Waals surface area contributed by atoms with Gasteiger partial charge < -0.3 is 15.4 Å². The molecule has 92 valence electrons. The van der Waals surface area contributed by atoms with Crippen LogP contribution in [0, 0.1) is 11.8 Å². The van der Waals surface area contributed by atoms with Gasteiger partial charge in [-0.1, -0.05) is 11.8 Å². The molecular weight excluding hydrogens is 228 g/mol. The third kappa shape index (κ3) is 2.53. The number of hydrogen-bond acceptors (Lipinski definition) is 2. The maximum atomic E-state index is 11.0. The van der Waals surface area contributed by atoms with Gasteiger partial charge in [-0.15, -0.1) is 0 Å². The summed E-state index contributed by atoms with van der Waals surface area (Å²) in [6.07, 6.45) is 2.28. The molecule has 2 aromatic rings. The Bertz CT molecular complexity index is 632. The van der Waals surface area contributed by atoms with Crippen LogP contribution in [0.2, 0.25) is 0 Å². The Hall–Kier alpha value is -2.25. The Morgan fingerprint density at radius 1 is 1.50 bits per heavy atom. The number of carboxylic acid groups (broad SMARTS) is 1. The van der Waals surface area contributed by atoms with Crippen molar-refractivity contribution in [2.75, 3.05) is 13.6 Å². The highest BCUT2D eigenvalue weighted by Crippen LogP contribution is 2.19.